The van der Waals surface area contributed by atoms with Crippen molar-refractivity contribution in [2.24, 2.45) is 0 Å². The Hall–Kier alpha value is -1.25. The van der Waals surface area contributed by atoms with Crippen molar-refractivity contribution >= 4 is 45.3 Å². The Labute approximate surface area is 139 Å². The molecule has 4 nitrogen and oxygen atoms in total. The van der Waals surface area contributed by atoms with Crippen molar-refractivity contribution in [2.45, 2.75) is 12.2 Å². The van der Waals surface area contributed by atoms with E-state index in [4.69, 9.17) is 0 Å². The minimum atomic E-state index is -2.09. The van der Waals surface area contributed by atoms with Gasteiger partial charge in [0.2, 0.25) is 5.91 Å². The van der Waals surface area contributed by atoms with Crippen LogP contribution in [-0.4, -0.2) is 14.7 Å². The van der Waals surface area contributed by atoms with E-state index in [1.807, 2.05) is 24.3 Å². The van der Waals surface area contributed by atoms with Crippen LogP contribution in [0.15, 0.2) is 48.5 Å². The van der Waals surface area contributed by atoms with E-state index in [1.54, 1.807) is 24.3 Å². The molecule has 110 valence electrons. The lowest BCUT2D eigenvalue weighted by atomic mass is 10.1. The summed E-state index contributed by atoms with van der Waals surface area (Å²) in [5, 5.41) is 2.82. The molecule has 0 fully saturated rings. The molecule has 21 heavy (non-hydrogen) atoms. The number of rotatable bonds is 5. The van der Waals surface area contributed by atoms with Crippen molar-refractivity contribution in [3.05, 3.63) is 63.2 Å². The highest BCUT2D eigenvalue weighted by molar-refractivity contribution is 14.1. The number of halogens is 1. The summed E-state index contributed by atoms with van der Waals surface area (Å²) in [5.74, 6) is -0.105. The van der Waals surface area contributed by atoms with Gasteiger partial charge >= 0.3 is 0 Å². The lowest BCUT2D eigenvalue weighted by molar-refractivity contribution is -0.115. The monoisotopic (exact) mass is 414 g/mol. The van der Waals surface area contributed by atoms with Gasteiger partial charge in [-0.05, 0) is 58.0 Å². The number of hydrogen-bond donors (Lipinski definition) is 1. The van der Waals surface area contributed by atoms with E-state index in [9.17, 15) is 13.6 Å². The minimum absolute atomic E-state index is 0.00483. The fourth-order valence-corrected chi connectivity index (χ4v) is 2.64. The molecule has 2 aromatic rings. The fourth-order valence-electron chi connectivity index (χ4n) is 1.81. The molecule has 6 heteroatoms. The average molecular weight is 414 g/mol. The number of carbonyl (C=O) groups is 1. The molecule has 1 N–H and O–H groups in total. The van der Waals surface area contributed by atoms with Gasteiger partial charge in [-0.25, -0.2) is 0 Å². The highest BCUT2D eigenvalue weighted by Crippen LogP contribution is 2.12. The first-order chi connectivity index (χ1) is 10.0. The summed E-state index contributed by atoms with van der Waals surface area (Å²) in [7, 11) is 0. The second-order valence-electron chi connectivity index (χ2n) is 4.50. The molecule has 1 atom stereocenters. The molecular weight excluding hydrogens is 401 g/mol. The van der Waals surface area contributed by atoms with Gasteiger partial charge < -0.3 is 9.87 Å². The van der Waals surface area contributed by atoms with Gasteiger partial charge in [-0.2, -0.15) is 0 Å². The van der Waals surface area contributed by atoms with Crippen LogP contribution in [0.25, 0.3) is 0 Å². The molecule has 2 aromatic carbocycles. The van der Waals surface area contributed by atoms with Gasteiger partial charge in [0.25, 0.3) is 0 Å². The van der Waals surface area contributed by atoms with E-state index >= 15 is 0 Å². The van der Waals surface area contributed by atoms with Crippen LogP contribution in [0.1, 0.15) is 11.1 Å². The SMILES string of the molecule is O=C(Cc1ccc(CS(=O)[O-])cc1)Nc1ccc(I)cc1. The largest absolute Gasteiger partial charge is 0.772 e. The summed E-state index contributed by atoms with van der Waals surface area (Å²) in [5.41, 5.74) is 2.32. The van der Waals surface area contributed by atoms with Crippen LogP contribution < -0.4 is 5.32 Å². The number of anilines is 1. The molecule has 0 aliphatic heterocycles. The number of benzene rings is 2. The van der Waals surface area contributed by atoms with Crippen LogP contribution in [0, 0.1) is 3.57 Å². The third kappa shape index (κ3) is 5.56. The molecule has 0 aliphatic carbocycles. The number of carbonyl (C=O) groups excluding carboxylic acids is 1. The van der Waals surface area contributed by atoms with Crippen LogP contribution in [-0.2, 0) is 28.0 Å². The van der Waals surface area contributed by atoms with Crippen molar-refractivity contribution in [3.8, 4) is 0 Å². The first kappa shape index (κ1) is 16.1. The summed E-state index contributed by atoms with van der Waals surface area (Å²) < 4.78 is 22.3. The topological polar surface area (TPSA) is 69.2 Å². The first-order valence-corrected chi connectivity index (χ1v) is 8.54. The highest BCUT2D eigenvalue weighted by Gasteiger charge is 2.04. The molecule has 0 aliphatic rings. The summed E-state index contributed by atoms with van der Waals surface area (Å²) in [6.07, 6.45) is 0.257. The van der Waals surface area contributed by atoms with Gasteiger partial charge in [0, 0.05) is 15.0 Å². The molecule has 0 radical (unpaired) electrons. The zero-order chi connectivity index (χ0) is 15.2. The summed E-state index contributed by atoms with van der Waals surface area (Å²) >= 11 is 0.111. The van der Waals surface area contributed by atoms with Gasteiger partial charge in [0.05, 0.1) is 6.42 Å². The Kier molecular flexibility index (Phi) is 5.89. The van der Waals surface area contributed by atoms with E-state index in [0.29, 0.717) is 5.56 Å². The minimum Gasteiger partial charge on any atom is -0.772 e. The maximum absolute atomic E-state index is 11.9. The maximum Gasteiger partial charge on any atom is 0.228 e. The van der Waals surface area contributed by atoms with E-state index < -0.39 is 11.1 Å². The number of amides is 1. The first-order valence-electron chi connectivity index (χ1n) is 6.22. The van der Waals surface area contributed by atoms with Crippen LogP contribution in [0.3, 0.4) is 0 Å². The lowest BCUT2D eigenvalue weighted by Gasteiger charge is -2.07. The predicted molar refractivity (Wildman–Crippen MR) is 90.6 cm³/mol. The smallest absolute Gasteiger partial charge is 0.228 e. The Balaban J connectivity index is 1.93. The van der Waals surface area contributed by atoms with Crippen molar-refractivity contribution < 1.29 is 13.6 Å². The maximum atomic E-state index is 11.9. The average Bonchev–Trinajstić information content (AvgIpc) is 2.43. The fraction of sp³-hybridized carbons (Fsp3) is 0.133. The van der Waals surface area contributed by atoms with Crippen LogP contribution >= 0.6 is 22.6 Å². The quantitative estimate of drug-likeness (QED) is 0.605. The van der Waals surface area contributed by atoms with Crippen LogP contribution in [0.4, 0.5) is 5.69 Å². The second kappa shape index (κ2) is 7.67. The summed E-state index contributed by atoms with van der Waals surface area (Å²) in [6, 6.07) is 14.6. The number of nitrogens with one attached hydrogen (secondary N) is 1. The zero-order valence-electron chi connectivity index (χ0n) is 11.0. The van der Waals surface area contributed by atoms with E-state index in [-0.39, 0.29) is 18.1 Å². The Morgan fingerprint density at radius 2 is 1.62 bits per heavy atom. The standard InChI is InChI=1S/C15H14INO3S/c16-13-5-7-14(8-6-13)17-15(18)9-11-1-3-12(4-2-11)10-21(19)20/h1-8H,9-10H2,(H,17,18)(H,19,20)/p-1. The third-order valence-corrected chi connectivity index (χ3v) is 4.09. The van der Waals surface area contributed by atoms with Gasteiger partial charge in [0.1, 0.15) is 0 Å². The highest BCUT2D eigenvalue weighted by atomic mass is 127. The molecule has 1 unspecified atom stereocenters. The molecule has 0 saturated carbocycles. The lowest BCUT2D eigenvalue weighted by Crippen LogP contribution is -2.14. The zero-order valence-corrected chi connectivity index (χ0v) is 14.0. The van der Waals surface area contributed by atoms with E-state index in [1.165, 1.54) is 0 Å². The molecule has 0 bridgehead atoms. The van der Waals surface area contributed by atoms with Gasteiger partial charge in [0.15, 0.2) is 0 Å². The van der Waals surface area contributed by atoms with Crippen molar-refractivity contribution in [1.29, 1.82) is 0 Å². The Morgan fingerprint density at radius 3 is 2.19 bits per heavy atom. The summed E-state index contributed by atoms with van der Waals surface area (Å²) in [6.45, 7) is 0. The molecule has 1 amide bonds. The van der Waals surface area contributed by atoms with Crippen molar-refractivity contribution in [1.82, 2.24) is 0 Å². The van der Waals surface area contributed by atoms with Crippen LogP contribution in [0.5, 0.6) is 0 Å². The second-order valence-corrected chi connectivity index (χ2v) is 6.64. The van der Waals surface area contributed by atoms with Crippen molar-refractivity contribution in [3.63, 3.8) is 0 Å². The molecule has 0 saturated heterocycles. The van der Waals surface area contributed by atoms with Crippen molar-refractivity contribution in [2.75, 3.05) is 5.32 Å². The van der Waals surface area contributed by atoms with E-state index in [2.05, 4.69) is 27.9 Å². The predicted octanol–water partition coefficient (Wildman–Crippen LogP) is 2.85. The third-order valence-electron chi connectivity index (χ3n) is 2.80. The van der Waals surface area contributed by atoms with E-state index in [0.717, 1.165) is 14.8 Å². The van der Waals surface area contributed by atoms with Gasteiger partial charge in [-0.3, -0.25) is 9.00 Å². The molecule has 2 rings (SSSR count). The summed E-state index contributed by atoms with van der Waals surface area (Å²) in [4.78, 5) is 11.9. The molecule has 0 aromatic heterocycles. The normalized spacial score (nSPS) is 11.9. The molecule has 0 spiro atoms. The van der Waals surface area contributed by atoms with Gasteiger partial charge in [-0.15, -0.1) is 0 Å². The Morgan fingerprint density at radius 1 is 1.05 bits per heavy atom. The number of hydrogen-bond acceptors (Lipinski definition) is 3. The Bertz CT molecular complexity index is 641. The molecular formula is C15H13INO3S-. The van der Waals surface area contributed by atoms with Crippen LogP contribution in [0.2, 0.25) is 0 Å². The molecule has 0 heterocycles. The van der Waals surface area contributed by atoms with Gasteiger partial charge in [-0.1, -0.05) is 35.3 Å².